The molecule has 0 aliphatic carbocycles. The Morgan fingerprint density at radius 1 is 1.57 bits per heavy atom. The zero-order valence-electron chi connectivity index (χ0n) is 8.63. The van der Waals surface area contributed by atoms with Crippen LogP contribution < -0.4 is 5.32 Å². The SMILES string of the molecule is Cc1cc[c]cc1NC(=O)OC(C)C. The van der Waals surface area contributed by atoms with Crippen molar-refractivity contribution in [2.75, 3.05) is 5.32 Å². The number of benzene rings is 1. The number of ether oxygens (including phenoxy) is 1. The lowest BCUT2D eigenvalue weighted by molar-refractivity contribution is 0.130. The smallest absolute Gasteiger partial charge is 0.411 e. The molecule has 0 unspecified atom stereocenters. The second-order valence-electron chi connectivity index (χ2n) is 3.32. The molecule has 0 fully saturated rings. The van der Waals surface area contributed by atoms with Crippen LogP contribution in [-0.4, -0.2) is 12.2 Å². The van der Waals surface area contributed by atoms with Gasteiger partial charge in [0.1, 0.15) is 0 Å². The molecule has 1 radical (unpaired) electrons. The highest BCUT2D eigenvalue weighted by atomic mass is 16.6. The van der Waals surface area contributed by atoms with Crippen LogP contribution in [0.3, 0.4) is 0 Å². The van der Waals surface area contributed by atoms with E-state index in [0.29, 0.717) is 0 Å². The summed E-state index contributed by atoms with van der Waals surface area (Å²) in [5, 5.41) is 2.65. The van der Waals surface area contributed by atoms with Crippen molar-refractivity contribution < 1.29 is 9.53 Å². The molecular weight excluding hydrogens is 178 g/mol. The van der Waals surface area contributed by atoms with Crippen LogP contribution in [0.1, 0.15) is 19.4 Å². The fraction of sp³-hybridized carbons (Fsp3) is 0.364. The molecule has 1 amide bonds. The minimum absolute atomic E-state index is 0.108. The highest BCUT2D eigenvalue weighted by molar-refractivity contribution is 5.85. The zero-order valence-corrected chi connectivity index (χ0v) is 8.63. The predicted molar refractivity (Wildman–Crippen MR) is 55.3 cm³/mol. The lowest BCUT2D eigenvalue weighted by Crippen LogP contribution is -2.18. The number of anilines is 1. The Balaban J connectivity index is 2.61. The van der Waals surface area contributed by atoms with Crippen LogP contribution in [0.5, 0.6) is 0 Å². The van der Waals surface area contributed by atoms with E-state index >= 15 is 0 Å². The molecule has 1 aromatic rings. The second-order valence-corrected chi connectivity index (χ2v) is 3.32. The van der Waals surface area contributed by atoms with Gasteiger partial charge in [0.25, 0.3) is 0 Å². The molecule has 3 nitrogen and oxygen atoms in total. The Hall–Kier alpha value is -1.51. The van der Waals surface area contributed by atoms with Crippen LogP contribution in [0.4, 0.5) is 10.5 Å². The molecule has 0 aliphatic heterocycles. The first-order chi connectivity index (χ1) is 6.59. The average Bonchev–Trinajstić information content (AvgIpc) is 2.07. The van der Waals surface area contributed by atoms with Gasteiger partial charge >= 0.3 is 6.09 Å². The highest BCUT2D eigenvalue weighted by Gasteiger charge is 2.06. The number of carbonyl (C=O) groups excluding carboxylic acids is 1. The molecule has 0 saturated heterocycles. The fourth-order valence-corrected chi connectivity index (χ4v) is 0.996. The number of amides is 1. The Bertz CT molecular complexity index is 321. The van der Waals surface area contributed by atoms with E-state index in [2.05, 4.69) is 11.4 Å². The molecule has 14 heavy (non-hydrogen) atoms. The average molecular weight is 192 g/mol. The molecule has 0 atom stereocenters. The Morgan fingerprint density at radius 3 is 2.86 bits per heavy atom. The molecule has 0 aliphatic rings. The van der Waals surface area contributed by atoms with E-state index < -0.39 is 6.09 Å². The molecular formula is C11H14NO2. The summed E-state index contributed by atoms with van der Waals surface area (Å²) in [7, 11) is 0. The van der Waals surface area contributed by atoms with Gasteiger partial charge in [-0.1, -0.05) is 12.1 Å². The fourth-order valence-electron chi connectivity index (χ4n) is 0.996. The summed E-state index contributed by atoms with van der Waals surface area (Å²) in [6, 6.07) is 8.29. The van der Waals surface area contributed by atoms with Crippen LogP contribution in [0, 0.1) is 13.0 Å². The van der Waals surface area contributed by atoms with Gasteiger partial charge in [0.15, 0.2) is 0 Å². The summed E-state index contributed by atoms with van der Waals surface area (Å²) in [6.45, 7) is 5.53. The van der Waals surface area contributed by atoms with Crippen molar-refractivity contribution in [1.82, 2.24) is 0 Å². The Morgan fingerprint density at radius 2 is 2.29 bits per heavy atom. The van der Waals surface area contributed by atoms with Crippen LogP contribution >= 0.6 is 0 Å². The third-order valence-corrected chi connectivity index (χ3v) is 1.66. The third kappa shape index (κ3) is 3.09. The van der Waals surface area contributed by atoms with Gasteiger partial charge in [-0.05, 0) is 38.5 Å². The van der Waals surface area contributed by atoms with Gasteiger partial charge in [0, 0.05) is 5.69 Å². The van der Waals surface area contributed by atoms with Gasteiger partial charge in [-0.2, -0.15) is 0 Å². The molecule has 0 heterocycles. The molecule has 75 valence electrons. The van der Waals surface area contributed by atoms with E-state index in [0.717, 1.165) is 11.3 Å². The van der Waals surface area contributed by atoms with Gasteiger partial charge in [0.2, 0.25) is 0 Å². The van der Waals surface area contributed by atoms with Gasteiger partial charge in [-0.3, -0.25) is 5.32 Å². The number of rotatable bonds is 2. The molecule has 0 saturated carbocycles. The molecule has 0 spiro atoms. The Kier molecular flexibility index (Phi) is 3.51. The molecule has 1 rings (SSSR count). The van der Waals surface area contributed by atoms with E-state index in [-0.39, 0.29) is 6.10 Å². The van der Waals surface area contributed by atoms with Crippen molar-refractivity contribution in [3.63, 3.8) is 0 Å². The van der Waals surface area contributed by atoms with Crippen LogP contribution in [0.25, 0.3) is 0 Å². The van der Waals surface area contributed by atoms with Gasteiger partial charge in [-0.25, -0.2) is 4.79 Å². The molecule has 0 aromatic heterocycles. The lowest BCUT2D eigenvalue weighted by atomic mass is 10.2. The number of aryl methyl sites for hydroxylation is 1. The van der Waals surface area contributed by atoms with Crippen molar-refractivity contribution in [3.8, 4) is 0 Å². The highest BCUT2D eigenvalue weighted by Crippen LogP contribution is 2.12. The van der Waals surface area contributed by atoms with Gasteiger partial charge < -0.3 is 4.74 Å². The maximum Gasteiger partial charge on any atom is 0.411 e. The summed E-state index contributed by atoms with van der Waals surface area (Å²) >= 11 is 0. The van der Waals surface area contributed by atoms with Gasteiger partial charge in [0.05, 0.1) is 6.10 Å². The summed E-state index contributed by atoms with van der Waals surface area (Å²) in [5.41, 5.74) is 1.72. The monoisotopic (exact) mass is 192 g/mol. The lowest BCUT2D eigenvalue weighted by Gasteiger charge is -2.10. The van der Waals surface area contributed by atoms with Crippen molar-refractivity contribution in [3.05, 3.63) is 29.8 Å². The second kappa shape index (κ2) is 4.65. The van der Waals surface area contributed by atoms with Crippen LogP contribution in [0.15, 0.2) is 18.2 Å². The first kappa shape index (κ1) is 10.6. The van der Waals surface area contributed by atoms with Crippen molar-refractivity contribution in [2.24, 2.45) is 0 Å². The number of carbonyl (C=O) groups is 1. The maximum absolute atomic E-state index is 11.2. The van der Waals surface area contributed by atoms with Crippen LogP contribution in [-0.2, 0) is 4.74 Å². The molecule has 1 aromatic carbocycles. The zero-order chi connectivity index (χ0) is 10.6. The summed E-state index contributed by atoms with van der Waals surface area (Å²) < 4.78 is 4.95. The molecule has 0 bridgehead atoms. The van der Waals surface area contributed by atoms with E-state index in [1.165, 1.54) is 0 Å². The molecule has 3 heteroatoms. The number of hydrogen-bond donors (Lipinski definition) is 1. The van der Waals surface area contributed by atoms with Gasteiger partial charge in [-0.15, -0.1) is 0 Å². The predicted octanol–water partition coefficient (Wildman–Crippen LogP) is 2.75. The first-order valence-electron chi connectivity index (χ1n) is 4.54. The summed E-state index contributed by atoms with van der Waals surface area (Å²) in [5.74, 6) is 0. The summed E-state index contributed by atoms with van der Waals surface area (Å²) in [4.78, 5) is 11.2. The maximum atomic E-state index is 11.2. The van der Waals surface area contributed by atoms with E-state index in [1.807, 2.05) is 26.8 Å². The normalized spacial score (nSPS) is 10.0. The van der Waals surface area contributed by atoms with Crippen molar-refractivity contribution in [1.29, 1.82) is 0 Å². The Labute approximate surface area is 84.1 Å². The van der Waals surface area contributed by atoms with E-state index in [9.17, 15) is 4.79 Å². The standard InChI is InChI=1S/C11H14NO2/c1-8(2)14-11(13)12-10-7-5-4-6-9(10)3/h4,6-8H,1-3H3,(H,12,13). The van der Waals surface area contributed by atoms with E-state index in [1.54, 1.807) is 12.1 Å². The minimum atomic E-state index is -0.428. The van der Waals surface area contributed by atoms with E-state index in [4.69, 9.17) is 4.74 Å². The van der Waals surface area contributed by atoms with Crippen molar-refractivity contribution in [2.45, 2.75) is 26.9 Å². The topological polar surface area (TPSA) is 38.3 Å². The molecule has 1 N–H and O–H groups in total. The quantitative estimate of drug-likeness (QED) is 0.782. The number of nitrogens with one attached hydrogen (secondary N) is 1. The van der Waals surface area contributed by atoms with Crippen molar-refractivity contribution >= 4 is 11.8 Å². The summed E-state index contributed by atoms with van der Waals surface area (Å²) in [6.07, 6.45) is -0.536. The third-order valence-electron chi connectivity index (χ3n) is 1.66. The minimum Gasteiger partial charge on any atom is -0.447 e. The largest absolute Gasteiger partial charge is 0.447 e. The van der Waals surface area contributed by atoms with Crippen LogP contribution in [0.2, 0.25) is 0 Å². The first-order valence-corrected chi connectivity index (χ1v) is 4.54. The number of hydrogen-bond acceptors (Lipinski definition) is 2.